The highest BCUT2D eigenvalue weighted by molar-refractivity contribution is 5.99. The van der Waals surface area contributed by atoms with Crippen LogP contribution < -0.4 is 10.2 Å². The van der Waals surface area contributed by atoms with E-state index in [0.717, 1.165) is 28.8 Å². The lowest BCUT2D eigenvalue weighted by Gasteiger charge is -2.15. The highest BCUT2D eigenvalue weighted by atomic mass is 16.2. The van der Waals surface area contributed by atoms with Crippen molar-refractivity contribution in [3.63, 3.8) is 0 Å². The van der Waals surface area contributed by atoms with Crippen LogP contribution in [0.15, 0.2) is 48.9 Å². The van der Waals surface area contributed by atoms with E-state index in [9.17, 15) is 4.79 Å². The van der Waals surface area contributed by atoms with Crippen molar-refractivity contribution in [1.29, 1.82) is 0 Å². The number of nitrogens with zero attached hydrogens (tertiary/aromatic N) is 7. The molecular weight excluding hydrogens is 368 g/mol. The average molecular weight is 390 g/mol. The van der Waals surface area contributed by atoms with Gasteiger partial charge in [-0.05, 0) is 25.1 Å². The minimum absolute atomic E-state index is 0.0689. The van der Waals surface area contributed by atoms with Gasteiger partial charge < -0.3 is 10.2 Å². The maximum atomic E-state index is 12.5. The molecule has 148 valence electrons. The summed E-state index contributed by atoms with van der Waals surface area (Å²) in [4.78, 5) is 23.4. The first kappa shape index (κ1) is 18.6. The van der Waals surface area contributed by atoms with Gasteiger partial charge >= 0.3 is 0 Å². The third-order valence-corrected chi connectivity index (χ3v) is 4.72. The molecule has 4 aromatic rings. The molecule has 4 rings (SSSR count). The Morgan fingerprint density at radius 2 is 2.07 bits per heavy atom. The Bertz CT molecular complexity index is 1160. The molecule has 3 aromatic heterocycles. The molecule has 0 unspecified atom stereocenters. The van der Waals surface area contributed by atoms with E-state index in [0.29, 0.717) is 11.6 Å². The van der Waals surface area contributed by atoms with Crippen LogP contribution in [0.1, 0.15) is 6.92 Å². The highest BCUT2D eigenvalue weighted by Crippen LogP contribution is 2.22. The fourth-order valence-electron chi connectivity index (χ4n) is 3.05. The molecule has 0 spiro atoms. The molecule has 0 atom stereocenters. The number of carbonyl (C=O) groups excluding carboxylic acids is 1. The molecule has 0 bridgehead atoms. The van der Waals surface area contributed by atoms with Gasteiger partial charge in [0.05, 0.1) is 17.3 Å². The molecule has 0 saturated heterocycles. The topological polar surface area (TPSA) is 93.8 Å². The maximum absolute atomic E-state index is 12.5. The van der Waals surface area contributed by atoms with Gasteiger partial charge in [0.1, 0.15) is 12.4 Å². The van der Waals surface area contributed by atoms with Gasteiger partial charge in [-0.1, -0.05) is 12.1 Å². The second-order valence-corrected chi connectivity index (χ2v) is 6.72. The zero-order valence-electron chi connectivity index (χ0n) is 16.6. The molecule has 1 amide bonds. The molecule has 3 heterocycles. The number of anilines is 2. The zero-order chi connectivity index (χ0) is 20.4. The minimum Gasteiger partial charge on any atom is -0.360 e. The maximum Gasteiger partial charge on any atom is 0.247 e. The molecule has 9 heteroatoms. The number of fused-ring (bicyclic) bond motifs is 1. The van der Waals surface area contributed by atoms with Crippen LogP contribution in [0.25, 0.3) is 22.3 Å². The first-order chi connectivity index (χ1) is 14.0. The minimum atomic E-state index is -0.205. The van der Waals surface area contributed by atoms with Gasteiger partial charge in [-0.3, -0.25) is 14.2 Å². The van der Waals surface area contributed by atoms with Gasteiger partial charge in [0.15, 0.2) is 11.6 Å². The largest absolute Gasteiger partial charge is 0.360 e. The van der Waals surface area contributed by atoms with Crippen molar-refractivity contribution >= 4 is 28.4 Å². The summed E-state index contributed by atoms with van der Waals surface area (Å²) in [7, 11) is 3.82. The smallest absolute Gasteiger partial charge is 0.247 e. The summed E-state index contributed by atoms with van der Waals surface area (Å²) in [5, 5.41) is 12.4. The first-order valence-corrected chi connectivity index (χ1v) is 9.33. The van der Waals surface area contributed by atoms with E-state index in [1.54, 1.807) is 28.0 Å². The summed E-state index contributed by atoms with van der Waals surface area (Å²) >= 11 is 0. The normalized spacial score (nSPS) is 11.0. The molecule has 1 N–H and O–H groups in total. The van der Waals surface area contributed by atoms with Gasteiger partial charge in [0, 0.05) is 38.4 Å². The zero-order valence-corrected chi connectivity index (χ0v) is 16.6. The predicted molar refractivity (Wildman–Crippen MR) is 112 cm³/mol. The fraction of sp³-hybridized carbons (Fsp3) is 0.250. The van der Waals surface area contributed by atoms with Gasteiger partial charge in [-0.15, -0.1) is 0 Å². The van der Waals surface area contributed by atoms with Crippen LogP contribution in [-0.4, -0.2) is 49.0 Å². The quantitative estimate of drug-likeness (QED) is 0.543. The summed E-state index contributed by atoms with van der Waals surface area (Å²) in [5.74, 6) is 1.75. The van der Waals surface area contributed by atoms with Crippen molar-refractivity contribution in [2.24, 2.45) is 7.05 Å². The number of carbonyl (C=O) groups is 1. The van der Waals surface area contributed by atoms with Crippen molar-refractivity contribution in [2.45, 2.75) is 13.5 Å². The summed E-state index contributed by atoms with van der Waals surface area (Å²) in [6, 6.07) is 9.62. The molecule has 0 saturated carbocycles. The predicted octanol–water partition coefficient (Wildman–Crippen LogP) is 2.32. The van der Waals surface area contributed by atoms with E-state index >= 15 is 0 Å². The molecule has 0 aliphatic rings. The highest BCUT2D eigenvalue weighted by Gasteiger charge is 2.13. The molecular formula is C20H22N8O. The molecule has 0 aliphatic heterocycles. The number of amides is 1. The number of aryl methyl sites for hydroxylation is 1. The second-order valence-electron chi connectivity index (χ2n) is 6.72. The van der Waals surface area contributed by atoms with E-state index in [2.05, 4.69) is 32.4 Å². The van der Waals surface area contributed by atoms with E-state index < -0.39 is 0 Å². The molecule has 0 aliphatic carbocycles. The Hall–Kier alpha value is -3.75. The number of hydrogen-bond acceptors (Lipinski definition) is 6. The number of hydrogen-bond donors (Lipinski definition) is 1. The molecule has 0 radical (unpaired) electrons. The Labute approximate surface area is 168 Å². The van der Waals surface area contributed by atoms with Gasteiger partial charge in [-0.25, -0.2) is 9.97 Å². The molecule has 29 heavy (non-hydrogen) atoms. The van der Waals surface area contributed by atoms with Crippen molar-refractivity contribution in [3.05, 3.63) is 48.9 Å². The van der Waals surface area contributed by atoms with Gasteiger partial charge in [-0.2, -0.15) is 10.2 Å². The summed E-state index contributed by atoms with van der Waals surface area (Å²) in [6.07, 6.45) is 5.15. The second kappa shape index (κ2) is 7.70. The summed E-state index contributed by atoms with van der Waals surface area (Å²) < 4.78 is 3.31. The monoisotopic (exact) mass is 390 g/mol. The van der Waals surface area contributed by atoms with Crippen LogP contribution in [0.2, 0.25) is 0 Å². The molecule has 9 nitrogen and oxygen atoms in total. The Balaban J connectivity index is 1.48. The number of para-hydroxylation sites is 1. The Morgan fingerprint density at radius 1 is 1.24 bits per heavy atom. The number of benzene rings is 1. The van der Waals surface area contributed by atoms with Crippen LogP contribution >= 0.6 is 0 Å². The number of nitrogens with one attached hydrogen (secondary N) is 1. The van der Waals surface area contributed by atoms with Crippen molar-refractivity contribution in [2.75, 3.05) is 23.8 Å². The van der Waals surface area contributed by atoms with Crippen LogP contribution in [-0.2, 0) is 18.4 Å². The number of aromatic nitrogens is 6. The SMILES string of the molecule is CCN(C)c1ccnc(-c2cnn(CC(=O)Nc3nn(C)c4ccccc34)c2)n1. The lowest BCUT2D eigenvalue weighted by Crippen LogP contribution is -2.19. The standard InChI is InChI=1S/C20H22N8O/c1-4-26(2)17-9-10-21-19(23-17)14-11-22-28(12-14)13-18(29)24-20-15-7-5-6-8-16(15)27(3)25-20/h5-12H,4,13H2,1-3H3,(H,24,25,29). The number of rotatable bonds is 6. The van der Waals surface area contributed by atoms with E-state index in [-0.39, 0.29) is 12.5 Å². The fourth-order valence-corrected chi connectivity index (χ4v) is 3.05. The van der Waals surface area contributed by atoms with E-state index in [1.807, 2.05) is 49.3 Å². The third-order valence-electron chi connectivity index (χ3n) is 4.72. The van der Waals surface area contributed by atoms with E-state index in [1.165, 1.54) is 0 Å². The lowest BCUT2D eigenvalue weighted by molar-refractivity contribution is -0.116. The van der Waals surface area contributed by atoms with Crippen molar-refractivity contribution < 1.29 is 4.79 Å². The average Bonchev–Trinajstić information content (AvgIpc) is 3.32. The van der Waals surface area contributed by atoms with E-state index in [4.69, 9.17) is 0 Å². The Morgan fingerprint density at radius 3 is 2.90 bits per heavy atom. The van der Waals surface area contributed by atoms with Crippen molar-refractivity contribution in [3.8, 4) is 11.4 Å². The Kier molecular flexibility index (Phi) is 4.94. The van der Waals surface area contributed by atoms with Crippen LogP contribution in [0.3, 0.4) is 0 Å². The molecule has 1 aromatic carbocycles. The van der Waals surface area contributed by atoms with Crippen LogP contribution in [0, 0.1) is 0 Å². The van der Waals surface area contributed by atoms with Gasteiger partial charge in [0.2, 0.25) is 5.91 Å². The summed E-state index contributed by atoms with van der Waals surface area (Å²) in [6.45, 7) is 2.97. The van der Waals surface area contributed by atoms with Gasteiger partial charge in [0.25, 0.3) is 0 Å². The summed E-state index contributed by atoms with van der Waals surface area (Å²) in [5.41, 5.74) is 1.71. The first-order valence-electron chi connectivity index (χ1n) is 9.33. The van der Waals surface area contributed by atoms with Crippen LogP contribution in [0.4, 0.5) is 11.6 Å². The van der Waals surface area contributed by atoms with Crippen molar-refractivity contribution in [1.82, 2.24) is 29.5 Å². The lowest BCUT2D eigenvalue weighted by atomic mass is 10.2. The third kappa shape index (κ3) is 3.79. The molecule has 0 fully saturated rings. The van der Waals surface area contributed by atoms with Crippen LogP contribution in [0.5, 0.6) is 0 Å².